The molecule has 0 saturated carbocycles. The maximum absolute atomic E-state index is 17.9. The van der Waals surface area contributed by atoms with E-state index in [1.165, 1.54) is 21.9 Å². The number of benzene rings is 16. The van der Waals surface area contributed by atoms with Crippen LogP contribution < -0.4 is 57.3 Å². The van der Waals surface area contributed by atoms with Gasteiger partial charge in [-0.25, -0.2) is 4.39 Å². The fourth-order valence-electron chi connectivity index (χ4n) is 16.9. The molecule has 0 unspecified atom stereocenters. The minimum absolute atomic E-state index is 0.265. The van der Waals surface area contributed by atoms with E-state index in [2.05, 4.69) is 388 Å². The third-order valence-corrected chi connectivity index (χ3v) is 22.4. The summed E-state index contributed by atoms with van der Waals surface area (Å²) in [5.74, 6) is -0.316. The third-order valence-electron chi connectivity index (χ3n) is 21.3. The van der Waals surface area contributed by atoms with Crippen LogP contribution in [-0.4, -0.2) is 13.4 Å². The third kappa shape index (κ3) is 10.3. The van der Waals surface area contributed by atoms with Gasteiger partial charge >= 0.3 is 0 Å². The lowest BCUT2D eigenvalue weighted by molar-refractivity contribution is 0.629. The van der Waals surface area contributed by atoms with Crippen molar-refractivity contribution < 1.29 is 4.39 Å². The Bertz CT molecular complexity index is 5850. The molecule has 0 N–H and O–H groups in total. The molecule has 0 amide bonds. The SMILES string of the molecule is Fc1ccccc1N1c2cc3c(cc2B2c4ccccc4N(c4ccccc4)c4cc(N(c5ccccc5)c5ccccc5)cc1c42)B1c2ccccc2N(c2c(-c4ccccc4)cccc2-c2ccccc2)c2cc(N(c4ccccc4)c4c(-c5ccccc5)cccc4-c4ccccc4)cc(c21)S3. The van der Waals surface area contributed by atoms with Gasteiger partial charge in [-0.1, -0.05) is 302 Å². The summed E-state index contributed by atoms with van der Waals surface area (Å²) in [6, 6.07) is 140. The summed E-state index contributed by atoms with van der Waals surface area (Å²) in [5, 5.41) is 0. The molecule has 0 spiro atoms. The number of hydrogen-bond donors (Lipinski definition) is 0. The second-order valence-electron chi connectivity index (χ2n) is 27.1. The van der Waals surface area contributed by atoms with Crippen LogP contribution in [0.2, 0.25) is 0 Å². The summed E-state index contributed by atoms with van der Waals surface area (Å²) in [5.41, 5.74) is 30.6. The summed E-state index contributed by atoms with van der Waals surface area (Å²) in [6.45, 7) is -0.554. The highest BCUT2D eigenvalue weighted by molar-refractivity contribution is 8.00. The molecular formula is C96H64B2FN5S. The van der Waals surface area contributed by atoms with Crippen molar-refractivity contribution in [1.82, 2.24) is 0 Å². The maximum atomic E-state index is 17.9. The van der Waals surface area contributed by atoms with Crippen molar-refractivity contribution in [3.8, 4) is 44.5 Å². The van der Waals surface area contributed by atoms with Crippen LogP contribution in [-0.2, 0) is 0 Å². The molecule has 0 aromatic heterocycles. The lowest BCUT2D eigenvalue weighted by Crippen LogP contribution is -2.64. The number of rotatable bonds is 13. The maximum Gasteiger partial charge on any atom is 0.252 e. The molecule has 0 atom stereocenters. The van der Waals surface area contributed by atoms with Gasteiger partial charge in [0.15, 0.2) is 0 Å². The second-order valence-corrected chi connectivity index (χ2v) is 28.2. The molecular weight excluding hydrogens is 1300 g/mol. The zero-order valence-electron chi connectivity index (χ0n) is 57.1. The molecule has 0 saturated heterocycles. The van der Waals surface area contributed by atoms with E-state index in [1.54, 1.807) is 12.1 Å². The van der Waals surface area contributed by atoms with Crippen molar-refractivity contribution in [2.24, 2.45) is 0 Å². The van der Waals surface area contributed by atoms with Gasteiger partial charge in [-0.2, -0.15) is 0 Å². The zero-order valence-corrected chi connectivity index (χ0v) is 57.9. The number of hydrogen-bond acceptors (Lipinski definition) is 6. The van der Waals surface area contributed by atoms with E-state index < -0.39 is 0 Å². The van der Waals surface area contributed by atoms with Crippen molar-refractivity contribution >= 4 is 143 Å². The molecule has 16 aromatic rings. The van der Waals surface area contributed by atoms with Crippen LogP contribution in [0.5, 0.6) is 0 Å². The van der Waals surface area contributed by atoms with E-state index in [0.717, 1.165) is 145 Å². The fraction of sp³-hybridized carbons (Fsp3) is 0. The molecule has 0 bridgehead atoms. The molecule has 4 aliphatic heterocycles. The zero-order chi connectivity index (χ0) is 69.5. The average molecular weight is 1360 g/mol. The Morgan fingerprint density at radius 2 is 0.638 bits per heavy atom. The fourth-order valence-corrected chi connectivity index (χ4v) is 18.1. The molecule has 4 heterocycles. The molecule has 0 aliphatic carbocycles. The van der Waals surface area contributed by atoms with Gasteiger partial charge in [-0.15, -0.1) is 0 Å². The summed E-state index contributed by atoms with van der Waals surface area (Å²) in [4.78, 5) is 14.4. The van der Waals surface area contributed by atoms with Crippen molar-refractivity contribution in [3.05, 3.63) is 394 Å². The molecule has 0 radical (unpaired) electrons. The van der Waals surface area contributed by atoms with E-state index in [1.807, 2.05) is 23.9 Å². The van der Waals surface area contributed by atoms with E-state index >= 15 is 4.39 Å². The molecule has 4 aliphatic rings. The molecule has 16 aromatic carbocycles. The Hall–Kier alpha value is -13.1. The second kappa shape index (κ2) is 25.8. The van der Waals surface area contributed by atoms with Gasteiger partial charge in [0.25, 0.3) is 6.71 Å². The van der Waals surface area contributed by atoms with Crippen LogP contribution in [0.1, 0.15) is 0 Å². The first-order valence-electron chi connectivity index (χ1n) is 35.9. The molecule has 20 rings (SSSR count). The summed E-state index contributed by atoms with van der Waals surface area (Å²) >= 11 is 1.82. The predicted octanol–water partition coefficient (Wildman–Crippen LogP) is 22.3. The van der Waals surface area contributed by atoms with Crippen LogP contribution in [0, 0.1) is 5.82 Å². The summed E-state index contributed by atoms with van der Waals surface area (Å²) in [7, 11) is 0. The van der Waals surface area contributed by atoms with Gasteiger partial charge in [-0.3, -0.25) is 0 Å². The molecule has 0 fully saturated rings. The highest BCUT2D eigenvalue weighted by Gasteiger charge is 2.48. The first-order chi connectivity index (χ1) is 52.1. The molecule has 492 valence electrons. The smallest absolute Gasteiger partial charge is 0.252 e. The van der Waals surface area contributed by atoms with E-state index in [0.29, 0.717) is 5.69 Å². The van der Waals surface area contributed by atoms with Crippen LogP contribution in [0.3, 0.4) is 0 Å². The average Bonchev–Trinajstić information content (AvgIpc) is 0.691. The van der Waals surface area contributed by atoms with Crippen molar-refractivity contribution in [2.45, 2.75) is 9.79 Å². The Morgan fingerprint density at radius 3 is 1.15 bits per heavy atom. The largest absolute Gasteiger partial charge is 0.311 e. The molecule has 5 nitrogen and oxygen atoms in total. The standard InChI is InChI=1S/C96H64B2FN5S/c99-83-55-27-30-58-86(83)103-87-64-91-82(63-81(87)97-79-53-25-28-56-84(79)102(72-47-23-8-24-48-72)88-59-73(60-89(103)93(88)97)100(69-41-17-5-18-42-69)70-43-19-6-20-44-70)98-80-54-26-29-57-85(80)104(96-77(67-37-13-3-14-38-67)51-32-52-78(96)68-39-15-4-16-40-68)90-61-74(62-92(105-91)94(90)98)101(71-45-21-7-22-46-71)95-75(65-33-9-1-10-34-65)49-31-50-76(95)66-35-11-2-12-36-66/h1-64H. The Balaban J connectivity index is 0.895. The monoisotopic (exact) mass is 1360 g/mol. The highest BCUT2D eigenvalue weighted by atomic mass is 32.2. The number of nitrogens with zero attached hydrogens (tertiary/aromatic N) is 5. The Kier molecular flexibility index (Phi) is 15.2. The summed E-state index contributed by atoms with van der Waals surface area (Å²) in [6.07, 6.45) is 0. The van der Waals surface area contributed by atoms with Crippen LogP contribution in [0.25, 0.3) is 44.5 Å². The number of fused-ring (bicyclic) bond motifs is 8. The first-order valence-corrected chi connectivity index (χ1v) is 36.7. The minimum atomic E-state index is -0.316. The molecule has 105 heavy (non-hydrogen) atoms. The van der Waals surface area contributed by atoms with E-state index in [4.69, 9.17) is 0 Å². The van der Waals surface area contributed by atoms with Crippen molar-refractivity contribution in [1.29, 1.82) is 0 Å². The van der Waals surface area contributed by atoms with Gasteiger partial charge in [0.05, 0.1) is 22.7 Å². The van der Waals surface area contributed by atoms with Gasteiger partial charge < -0.3 is 24.5 Å². The topological polar surface area (TPSA) is 16.2 Å². The first kappa shape index (κ1) is 61.8. The Morgan fingerprint density at radius 1 is 0.248 bits per heavy atom. The van der Waals surface area contributed by atoms with Gasteiger partial charge in [0.2, 0.25) is 6.71 Å². The van der Waals surface area contributed by atoms with Crippen molar-refractivity contribution in [2.75, 3.05) is 24.5 Å². The van der Waals surface area contributed by atoms with Gasteiger partial charge in [0, 0.05) is 94.6 Å². The number of para-hydroxylation sites is 9. The van der Waals surface area contributed by atoms with Crippen LogP contribution in [0.15, 0.2) is 398 Å². The number of anilines is 15. The lowest BCUT2D eigenvalue weighted by atomic mass is 9.31. The van der Waals surface area contributed by atoms with Crippen molar-refractivity contribution in [3.63, 3.8) is 0 Å². The Labute approximate surface area is 616 Å². The van der Waals surface area contributed by atoms with Crippen LogP contribution >= 0.6 is 11.8 Å². The highest BCUT2D eigenvalue weighted by Crippen LogP contribution is 2.55. The van der Waals surface area contributed by atoms with Crippen LogP contribution in [0.4, 0.5) is 89.7 Å². The van der Waals surface area contributed by atoms with Gasteiger partial charge in [0.1, 0.15) is 5.82 Å². The predicted molar refractivity (Wildman–Crippen MR) is 441 cm³/mol. The quantitative estimate of drug-likeness (QED) is 0.106. The van der Waals surface area contributed by atoms with E-state index in [9.17, 15) is 0 Å². The van der Waals surface area contributed by atoms with Gasteiger partial charge in [-0.05, 0) is 153 Å². The lowest BCUT2D eigenvalue weighted by Gasteiger charge is -2.46. The normalized spacial score (nSPS) is 12.7. The summed E-state index contributed by atoms with van der Waals surface area (Å²) < 4.78 is 17.9. The number of halogens is 1. The minimum Gasteiger partial charge on any atom is -0.311 e. The van der Waals surface area contributed by atoms with E-state index in [-0.39, 0.29) is 19.2 Å². The molecule has 9 heteroatoms.